The van der Waals surface area contributed by atoms with E-state index < -0.39 is 15.1 Å². The minimum atomic E-state index is -2.94. The Morgan fingerprint density at radius 3 is 2.66 bits per heavy atom. The van der Waals surface area contributed by atoms with Crippen LogP contribution in [0.2, 0.25) is 0 Å². The zero-order valence-corrected chi connectivity index (χ0v) is 17.5. The highest BCUT2D eigenvalue weighted by molar-refractivity contribution is 8.00. The number of ether oxygens (including phenoxy) is 1. The maximum Gasteiger partial charge on any atom is 0.277 e. The number of carbonyl (C=O) groups excluding carboxylic acids is 1. The van der Waals surface area contributed by atoms with Gasteiger partial charge >= 0.3 is 0 Å². The molecule has 10 heteroatoms. The summed E-state index contributed by atoms with van der Waals surface area (Å²) in [4.78, 5) is 15.0. The number of thioether (sulfide) groups is 1. The van der Waals surface area contributed by atoms with Gasteiger partial charge in [-0.2, -0.15) is 0 Å². The summed E-state index contributed by atoms with van der Waals surface area (Å²) in [7, 11) is -2.94. The molecule has 0 radical (unpaired) electrons. The molecule has 2 aliphatic heterocycles. The minimum Gasteiger partial charge on any atom is -0.416 e. The van der Waals surface area contributed by atoms with Crippen LogP contribution in [-0.4, -0.2) is 67.2 Å². The predicted octanol–water partition coefficient (Wildman–Crippen LogP) is 1.74. The van der Waals surface area contributed by atoms with E-state index in [1.807, 2.05) is 30.3 Å². The van der Waals surface area contributed by atoms with Crippen LogP contribution < -0.4 is 0 Å². The number of nitrogens with zero attached hydrogens (tertiary/aromatic N) is 3. The summed E-state index contributed by atoms with van der Waals surface area (Å²) >= 11 is 1.23. The maximum absolute atomic E-state index is 13.2. The second kappa shape index (κ2) is 8.85. The third-order valence-corrected chi connectivity index (χ3v) is 8.02. The molecular formula is C19H23N3O5S2. The summed E-state index contributed by atoms with van der Waals surface area (Å²) < 4.78 is 34.4. The number of hydrogen-bond donors (Lipinski definition) is 0. The van der Waals surface area contributed by atoms with Crippen molar-refractivity contribution in [1.82, 2.24) is 15.1 Å². The van der Waals surface area contributed by atoms with Crippen molar-refractivity contribution in [2.75, 3.05) is 37.8 Å². The summed E-state index contributed by atoms with van der Waals surface area (Å²) in [5.41, 5.74) is 0.871. The van der Waals surface area contributed by atoms with Crippen molar-refractivity contribution >= 4 is 27.5 Å². The quantitative estimate of drug-likeness (QED) is 0.630. The Kier molecular flexibility index (Phi) is 6.21. The number of aromatic nitrogens is 2. The van der Waals surface area contributed by atoms with E-state index in [0.29, 0.717) is 50.3 Å². The van der Waals surface area contributed by atoms with Gasteiger partial charge in [0.2, 0.25) is 11.8 Å². The molecule has 1 amide bonds. The van der Waals surface area contributed by atoms with Crippen molar-refractivity contribution in [3.05, 3.63) is 41.8 Å². The Morgan fingerprint density at radius 1 is 1.21 bits per heavy atom. The number of benzene rings is 1. The first-order chi connectivity index (χ1) is 14.0. The fourth-order valence-corrected chi connectivity index (χ4v) is 6.43. The molecule has 0 spiro atoms. The van der Waals surface area contributed by atoms with E-state index in [9.17, 15) is 13.2 Å². The topological polar surface area (TPSA) is 103 Å². The van der Waals surface area contributed by atoms with Crippen LogP contribution in [0.5, 0.6) is 0 Å². The Morgan fingerprint density at radius 2 is 1.97 bits per heavy atom. The molecule has 0 aliphatic carbocycles. The summed E-state index contributed by atoms with van der Waals surface area (Å²) in [5.74, 6) is 0.807. The maximum atomic E-state index is 13.2. The van der Waals surface area contributed by atoms with Gasteiger partial charge in [0.05, 0.1) is 24.7 Å². The lowest BCUT2D eigenvalue weighted by molar-refractivity contribution is -0.134. The fraction of sp³-hybridized carbons (Fsp3) is 0.526. The van der Waals surface area contributed by atoms with E-state index in [4.69, 9.17) is 9.15 Å². The zero-order chi connectivity index (χ0) is 20.3. The smallest absolute Gasteiger partial charge is 0.277 e. The molecule has 29 heavy (non-hydrogen) atoms. The first-order valence-corrected chi connectivity index (χ1v) is 12.3. The van der Waals surface area contributed by atoms with Crippen molar-refractivity contribution in [2.45, 2.75) is 23.3 Å². The Labute approximate surface area is 173 Å². The molecule has 2 atom stereocenters. The predicted molar refractivity (Wildman–Crippen MR) is 107 cm³/mol. The highest BCUT2D eigenvalue weighted by Crippen LogP contribution is 2.36. The van der Waals surface area contributed by atoms with Gasteiger partial charge in [-0.15, -0.1) is 10.2 Å². The largest absolute Gasteiger partial charge is 0.416 e. The lowest BCUT2D eigenvalue weighted by Gasteiger charge is -2.29. The van der Waals surface area contributed by atoms with Gasteiger partial charge in [0.1, 0.15) is 5.25 Å². The Hall–Kier alpha value is -1.91. The van der Waals surface area contributed by atoms with E-state index in [1.165, 1.54) is 11.8 Å². The van der Waals surface area contributed by atoms with E-state index in [-0.39, 0.29) is 23.3 Å². The molecule has 3 heterocycles. The van der Waals surface area contributed by atoms with Crippen LogP contribution >= 0.6 is 11.8 Å². The fourth-order valence-electron chi connectivity index (χ4n) is 3.59. The van der Waals surface area contributed by atoms with Crippen molar-refractivity contribution in [2.24, 2.45) is 5.92 Å². The van der Waals surface area contributed by atoms with Crippen molar-refractivity contribution in [3.8, 4) is 0 Å². The van der Waals surface area contributed by atoms with E-state index in [0.717, 1.165) is 5.56 Å². The lowest BCUT2D eigenvalue weighted by Crippen LogP contribution is -2.42. The van der Waals surface area contributed by atoms with Gasteiger partial charge in [-0.25, -0.2) is 8.42 Å². The van der Waals surface area contributed by atoms with Crippen LogP contribution in [0.1, 0.15) is 23.1 Å². The second-order valence-electron chi connectivity index (χ2n) is 7.28. The monoisotopic (exact) mass is 437 g/mol. The molecule has 1 aromatic carbocycles. The van der Waals surface area contributed by atoms with Crippen LogP contribution in [-0.2, 0) is 25.8 Å². The number of amides is 1. The molecule has 0 N–H and O–H groups in total. The highest BCUT2D eigenvalue weighted by Gasteiger charge is 2.31. The summed E-state index contributed by atoms with van der Waals surface area (Å²) in [6, 6.07) is 9.53. The lowest BCUT2D eigenvalue weighted by atomic mass is 10.1. The number of rotatable bonds is 6. The number of morpholine rings is 1. The molecule has 2 aromatic rings. The van der Waals surface area contributed by atoms with Gasteiger partial charge < -0.3 is 14.1 Å². The van der Waals surface area contributed by atoms with E-state index in [2.05, 4.69) is 10.2 Å². The normalized spacial score (nSPS) is 22.5. The third-order valence-electron chi connectivity index (χ3n) is 5.11. The van der Waals surface area contributed by atoms with Gasteiger partial charge in [-0.05, 0) is 29.7 Å². The van der Waals surface area contributed by atoms with Gasteiger partial charge in [0.15, 0.2) is 9.84 Å². The molecule has 2 fully saturated rings. The van der Waals surface area contributed by atoms with Crippen LogP contribution in [0.25, 0.3) is 0 Å². The third kappa shape index (κ3) is 5.18. The molecule has 156 valence electrons. The first-order valence-electron chi connectivity index (χ1n) is 9.61. The first kappa shape index (κ1) is 20.4. The minimum absolute atomic E-state index is 0.00821. The molecule has 0 saturated carbocycles. The van der Waals surface area contributed by atoms with Crippen molar-refractivity contribution in [1.29, 1.82) is 0 Å². The molecular weight excluding hydrogens is 414 g/mol. The van der Waals surface area contributed by atoms with Gasteiger partial charge in [-0.3, -0.25) is 4.79 Å². The van der Waals surface area contributed by atoms with Gasteiger partial charge in [-0.1, -0.05) is 30.3 Å². The second-order valence-corrected chi connectivity index (χ2v) is 10.6. The SMILES string of the molecule is O=C([C@@H](Sc1nnc(C[C@@H]2CCS(=O)(=O)C2)o1)c1ccccc1)N1CCOCC1. The number of hydrogen-bond acceptors (Lipinski definition) is 8. The molecule has 2 aliphatic rings. The van der Waals surface area contributed by atoms with Crippen LogP contribution in [0.3, 0.4) is 0 Å². The van der Waals surface area contributed by atoms with Gasteiger partial charge in [0, 0.05) is 19.5 Å². The van der Waals surface area contributed by atoms with Crippen molar-refractivity contribution in [3.63, 3.8) is 0 Å². The summed E-state index contributed by atoms with van der Waals surface area (Å²) in [6.45, 7) is 2.20. The zero-order valence-electron chi connectivity index (χ0n) is 15.9. The Bertz CT molecular complexity index is 942. The van der Waals surface area contributed by atoms with E-state index >= 15 is 0 Å². The molecule has 2 saturated heterocycles. The van der Waals surface area contributed by atoms with Crippen LogP contribution in [0, 0.1) is 5.92 Å². The molecule has 1 aromatic heterocycles. The molecule has 0 unspecified atom stereocenters. The number of sulfone groups is 1. The van der Waals surface area contributed by atoms with Crippen LogP contribution in [0.15, 0.2) is 40.0 Å². The average molecular weight is 438 g/mol. The summed E-state index contributed by atoms with van der Waals surface area (Å²) in [5, 5.41) is 7.98. The van der Waals surface area contributed by atoms with Crippen molar-refractivity contribution < 1.29 is 22.4 Å². The summed E-state index contributed by atoms with van der Waals surface area (Å²) in [6.07, 6.45) is 1.07. The average Bonchev–Trinajstić information content (AvgIpc) is 3.32. The van der Waals surface area contributed by atoms with E-state index in [1.54, 1.807) is 4.90 Å². The molecule has 8 nitrogen and oxygen atoms in total. The molecule has 0 bridgehead atoms. The Balaban J connectivity index is 1.48. The molecule has 4 rings (SSSR count). The van der Waals surface area contributed by atoms with Gasteiger partial charge in [0.25, 0.3) is 5.22 Å². The highest BCUT2D eigenvalue weighted by atomic mass is 32.2. The van der Waals surface area contributed by atoms with Crippen LogP contribution in [0.4, 0.5) is 0 Å². The standard InChI is InChI=1S/C19H23N3O5S2/c23-18(22-7-9-26-10-8-22)17(15-4-2-1-3-5-15)28-19-21-20-16(27-19)12-14-6-11-29(24,25)13-14/h1-5,14,17H,6-13H2/t14-,17-/m0/s1. The number of carbonyl (C=O) groups is 1.